The summed E-state index contributed by atoms with van der Waals surface area (Å²) in [5.41, 5.74) is 0. The van der Waals surface area contributed by atoms with Gasteiger partial charge in [-0.2, -0.15) is 0 Å². The summed E-state index contributed by atoms with van der Waals surface area (Å²) in [6.45, 7) is 0.323. The zero-order valence-electron chi connectivity index (χ0n) is 5.51. The van der Waals surface area contributed by atoms with Crippen LogP contribution in [-0.2, 0) is 0 Å². The van der Waals surface area contributed by atoms with E-state index in [2.05, 4.69) is 5.32 Å². The van der Waals surface area contributed by atoms with Gasteiger partial charge in [0.05, 0.1) is 6.61 Å². The molecule has 0 amide bonds. The molecule has 0 unspecified atom stereocenters. The third kappa shape index (κ3) is 0.970. The van der Waals surface area contributed by atoms with Crippen LogP contribution in [0.15, 0.2) is 0 Å². The van der Waals surface area contributed by atoms with Crippen LogP contribution in [0.5, 0.6) is 0 Å². The molecule has 0 aromatic heterocycles. The van der Waals surface area contributed by atoms with Crippen molar-refractivity contribution in [1.82, 2.24) is 5.32 Å². The lowest BCUT2D eigenvalue weighted by Gasteiger charge is -2.20. The summed E-state index contributed by atoms with van der Waals surface area (Å²) in [5.74, 6) is 0.966. The molecule has 0 aromatic carbocycles. The molecule has 2 rings (SSSR count). The normalized spacial score (nSPS) is 48.3. The fourth-order valence-corrected chi connectivity index (χ4v) is 1.72. The maximum Gasteiger partial charge on any atom is 0.0584 e. The molecule has 0 aromatic rings. The van der Waals surface area contributed by atoms with Gasteiger partial charge in [-0.15, -0.1) is 0 Å². The molecule has 2 nitrogen and oxygen atoms in total. The van der Waals surface area contributed by atoms with Crippen LogP contribution in [0.25, 0.3) is 0 Å². The van der Waals surface area contributed by atoms with Crippen molar-refractivity contribution in [3.05, 3.63) is 0 Å². The highest BCUT2D eigenvalue weighted by Crippen LogP contribution is 2.38. The molecule has 1 saturated carbocycles. The smallest absolute Gasteiger partial charge is 0.0584 e. The van der Waals surface area contributed by atoms with E-state index in [0.717, 1.165) is 12.0 Å². The van der Waals surface area contributed by atoms with Gasteiger partial charge in [-0.1, -0.05) is 0 Å². The summed E-state index contributed by atoms with van der Waals surface area (Å²) in [6, 6.07) is 1.18. The molecule has 1 aliphatic heterocycles. The number of hydrogen-bond donors (Lipinski definition) is 2. The van der Waals surface area contributed by atoms with Crippen molar-refractivity contribution >= 4 is 0 Å². The molecule has 9 heavy (non-hydrogen) atoms. The van der Waals surface area contributed by atoms with Gasteiger partial charge in [0.2, 0.25) is 0 Å². The second kappa shape index (κ2) is 1.96. The van der Waals surface area contributed by atoms with E-state index in [1.807, 2.05) is 0 Å². The van der Waals surface area contributed by atoms with Crippen LogP contribution >= 0.6 is 0 Å². The summed E-state index contributed by atoms with van der Waals surface area (Å²) in [6.07, 6.45) is 3.87. The van der Waals surface area contributed by atoms with Gasteiger partial charge < -0.3 is 10.4 Å². The quantitative estimate of drug-likeness (QED) is 0.524. The molecular formula is C7H13NO. The van der Waals surface area contributed by atoms with Crippen LogP contribution in [-0.4, -0.2) is 23.8 Å². The SMILES string of the molecule is OC[C@@H]1CC[C@H]2C[C@H]2N1. The number of hydrogen-bond acceptors (Lipinski definition) is 2. The number of aliphatic hydroxyl groups excluding tert-OH is 1. The zero-order chi connectivity index (χ0) is 6.27. The van der Waals surface area contributed by atoms with Crippen LogP contribution < -0.4 is 5.32 Å². The Morgan fingerprint density at radius 1 is 1.44 bits per heavy atom. The molecule has 2 fully saturated rings. The number of piperidine rings is 1. The predicted molar refractivity (Wildman–Crippen MR) is 35.1 cm³/mol. The molecule has 0 bridgehead atoms. The van der Waals surface area contributed by atoms with Crippen LogP contribution in [0.1, 0.15) is 19.3 Å². The first-order valence-corrected chi connectivity index (χ1v) is 3.77. The molecular weight excluding hydrogens is 114 g/mol. The second-order valence-electron chi connectivity index (χ2n) is 3.23. The Morgan fingerprint density at radius 2 is 2.33 bits per heavy atom. The minimum atomic E-state index is 0.323. The maximum absolute atomic E-state index is 8.76. The molecule has 2 aliphatic rings. The Labute approximate surface area is 55.3 Å². The average Bonchev–Trinajstić information content (AvgIpc) is 2.64. The van der Waals surface area contributed by atoms with E-state index in [-0.39, 0.29) is 0 Å². The molecule has 52 valence electrons. The van der Waals surface area contributed by atoms with E-state index in [0.29, 0.717) is 12.6 Å². The number of rotatable bonds is 1. The van der Waals surface area contributed by atoms with Crippen molar-refractivity contribution < 1.29 is 5.11 Å². The van der Waals surface area contributed by atoms with E-state index in [1.54, 1.807) is 0 Å². The molecule has 2 N–H and O–H groups in total. The number of nitrogens with one attached hydrogen (secondary N) is 1. The highest BCUT2D eigenvalue weighted by molar-refractivity contribution is 4.99. The molecule has 1 heterocycles. The first kappa shape index (κ1) is 5.69. The van der Waals surface area contributed by atoms with E-state index in [9.17, 15) is 0 Å². The van der Waals surface area contributed by atoms with Crippen LogP contribution in [0.2, 0.25) is 0 Å². The van der Waals surface area contributed by atoms with E-state index in [1.165, 1.54) is 19.3 Å². The monoisotopic (exact) mass is 127 g/mol. The van der Waals surface area contributed by atoms with Crippen LogP contribution in [0, 0.1) is 5.92 Å². The Bertz CT molecular complexity index is 115. The van der Waals surface area contributed by atoms with Crippen molar-refractivity contribution in [3.8, 4) is 0 Å². The fraction of sp³-hybridized carbons (Fsp3) is 1.00. The highest BCUT2D eigenvalue weighted by Gasteiger charge is 2.41. The maximum atomic E-state index is 8.76. The highest BCUT2D eigenvalue weighted by atomic mass is 16.3. The second-order valence-corrected chi connectivity index (χ2v) is 3.23. The molecule has 0 spiro atoms. The molecule has 3 atom stereocenters. The molecule has 1 aliphatic carbocycles. The van der Waals surface area contributed by atoms with E-state index in [4.69, 9.17) is 5.11 Å². The van der Waals surface area contributed by atoms with Gasteiger partial charge in [-0.25, -0.2) is 0 Å². The topological polar surface area (TPSA) is 32.3 Å². The summed E-state index contributed by atoms with van der Waals surface area (Å²) in [4.78, 5) is 0. The standard InChI is InChI=1S/C7H13NO/c9-4-6-2-1-5-3-7(5)8-6/h5-9H,1-4H2/t5-,6-,7+/m0/s1. The number of aliphatic hydroxyl groups is 1. The van der Waals surface area contributed by atoms with Crippen molar-refractivity contribution in [2.24, 2.45) is 5.92 Å². The van der Waals surface area contributed by atoms with Gasteiger partial charge in [-0.3, -0.25) is 0 Å². The van der Waals surface area contributed by atoms with E-state index < -0.39 is 0 Å². The van der Waals surface area contributed by atoms with Gasteiger partial charge in [0.15, 0.2) is 0 Å². The lowest BCUT2D eigenvalue weighted by molar-refractivity contribution is 0.217. The van der Waals surface area contributed by atoms with Gasteiger partial charge in [0.1, 0.15) is 0 Å². The van der Waals surface area contributed by atoms with Crippen LogP contribution in [0.3, 0.4) is 0 Å². The molecule has 1 saturated heterocycles. The first-order chi connectivity index (χ1) is 4.40. The minimum Gasteiger partial charge on any atom is -0.395 e. The Morgan fingerprint density at radius 3 is 3.00 bits per heavy atom. The van der Waals surface area contributed by atoms with Gasteiger partial charge >= 0.3 is 0 Å². The largest absolute Gasteiger partial charge is 0.395 e. The fourth-order valence-electron chi connectivity index (χ4n) is 1.72. The first-order valence-electron chi connectivity index (χ1n) is 3.77. The Hall–Kier alpha value is -0.0800. The van der Waals surface area contributed by atoms with Crippen molar-refractivity contribution in [2.45, 2.75) is 31.3 Å². The Kier molecular flexibility index (Phi) is 1.24. The minimum absolute atomic E-state index is 0.323. The molecule has 0 radical (unpaired) electrons. The van der Waals surface area contributed by atoms with E-state index >= 15 is 0 Å². The third-order valence-corrected chi connectivity index (χ3v) is 2.48. The third-order valence-electron chi connectivity index (χ3n) is 2.48. The summed E-state index contributed by atoms with van der Waals surface area (Å²) < 4.78 is 0. The van der Waals surface area contributed by atoms with Crippen LogP contribution in [0.4, 0.5) is 0 Å². The Balaban J connectivity index is 1.86. The van der Waals surface area contributed by atoms with Crippen molar-refractivity contribution in [1.29, 1.82) is 0 Å². The van der Waals surface area contributed by atoms with Gasteiger partial charge in [-0.05, 0) is 25.2 Å². The summed E-state index contributed by atoms with van der Waals surface area (Å²) in [7, 11) is 0. The average molecular weight is 127 g/mol. The zero-order valence-corrected chi connectivity index (χ0v) is 5.51. The predicted octanol–water partition coefficient (Wildman–Crippen LogP) is 0.119. The summed E-state index contributed by atoms with van der Waals surface area (Å²) in [5, 5.41) is 12.2. The molecule has 2 heteroatoms. The van der Waals surface area contributed by atoms with Gasteiger partial charge in [0.25, 0.3) is 0 Å². The summed E-state index contributed by atoms with van der Waals surface area (Å²) >= 11 is 0. The number of fused-ring (bicyclic) bond motifs is 1. The van der Waals surface area contributed by atoms with Crippen molar-refractivity contribution in [3.63, 3.8) is 0 Å². The lowest BCUT2D eigenvalue weighted by Crippen LogP contribution is -2.38. The van der Waals surface area contributed by atoms with Crippen molar-refractivity contribution in [2.75, 3.05) is 6.61 Å². The lowest BCUT2D eigenvalue weighted by atomic mass is 10.1. The van der Waals surface area contributed by atoms with Gasteiger partial charge in [0, 0.05) is 12.1 Å².